The van der Waals surface area contributed by atoms with Crippen LogP contribution in [0.15, 0.2) is 72.8 Å². The summed E-state index contributed by atoms with van der Waals surface area (Å²) in [6, 6.07) is 19.8. The summed E-state index contributed by atoms with van der Waals surface area (Å²) in [6.45, 7) is 1.76. The topological polar surface area (TPSA) is 96.0 Å². The molecule has 220 valence electrons. The van der Waals surface area contributed by atoms with Crippen molar-refractivity contribution in [1.29, 1.82) is 0 Å². The highest BCUT2D eigenvalue weighted by Gasteiger charge is 2.34. The molecule has 0 fully saturated rings. The minimum absolute atomic E-state index is 0.112. The zero-order valence-electron chi connectivity index (χ0n) is 23.3. The van der Waals surface area contributed by atoms with Gasteiger partial charge in [0.25, 0.3) is 0 Å². The third-order valence-electron chi connectivity index (χ3n) is 6.52. The van der Waals surface area contributed by atoms with Gasteiger partial charge in [-0.3, -0.25) is 13.9 Å². The second-order valence-corrected chi connectivity index (χ2v) is 12.2. The third kappa shape index (κ3) is 8.86. The Morgan fingerprint density at radius 3 is 2.20 bits per heavy atom. The Hall–Kier alpha value is -3.27. The van der Waals surface area contributed by atoms with Crippen LogP contribution in [0, 0.1) is 0 Å². The van der Waals surface area contributed by atoms with E-state index >= 15 is 0 Å². The van der Waals surface area contributed by atoms with Crippen LogP contribution in [-0.2, 0) is 32.6 Å². The Balaban J connectivity index is 2.10. The van der Waals surface area contributed by atoms with Gasteiger partial charge < -0.3 is 15.0 Å². The van der Waals surface area contributed by atoms with Gasteiger partial charge in [-0.05, 0) is 36.2 Å². The van der Waals surface area contributed by atoms with E-state index in [1.165, 1.54) is 12.0 Å². The largest absolute Gasteiger partial charge is 0.495 e. The van der Waals surface area contributed by atoms with E-state index in [2.05, 4.69) is 5.32 Å². The van der Waals surface area contributed by atoms with E-state index in [1.54, 1.807) is 42.5 Å². The van der Waals surface area contributed by atoms with E-state index < -0.39 is 28.5 Å². The molecule has 1 N–H and O–H groups in total. The first-order valence-electron chi connectivity index (χ1n) is 13.2. The van der Waals surface area contributed by atoms with Gasteiger partial charge in [-0.25, -0.2) is 8.42 Å². The van der Waals surface area contributed by atoms with Crippen LogP contribution in [0.5, 0.6) is 5.75 Å². The first kappa shape index (κ1) is 32.2. The van der Waals surface area contributed by atoms with Crippen molar-refractivity contribution in [2.24, 2.45) is 0 Å². The molecule has 3 rings (SSSR count). The summed E-state index contributed by atoms with van der Waals surface area (Å²) in [7, 11) is -2.52. The highest BCUT2D eigenvalue weighted by Crippen LogP contribution is 2.31. The molecular weight excluding hydrogens is 585 g/mol. The van der Waals surface area contributed by atoms with E-state index in [4.69, 9.17) is 27.9 Å². The molecule has 0 saturated carbocycles. The normalized spacial score (nSPS) is 11.9. The fourth-order valence-electron chi connectivity index (χ4n) is 4.34. The number of amides is 2. The van der Waals surface area contributed by atoms with E-state index in [-0.39, 0.29) is 30.3 Å². The molecule has 3 aromatic carbocycles. The maximum absolute atomic E-state index is 14.2. The number of nitrogens with one attached hydrogen (secondary N) is 1. The standard InChI is InChI=1S/C30H35Cl2N3O5S/c1-4-5-18-33-30(37)27(19-22-12-7-6-8-13-22)34(20-23-24(31)14-11-15-25(23)32)29(36)21-35(41(3,38)39)26-16-9-10-17-28(26)40-2/h6-17,27H,4-5,18-21H2,1-3H3,(H,33,37)/t27-/m0/s1. The number of halogens is 2. The van der Waals surface area contributed by atoms with E-state index in [9.17, 15) is 18.0 Å². The molecule has 0 heterocycles. The van der Waals surface area contributed by atoms with Gasteiger partial charge in [0.1, 0.15) is 18.3 Å². The maximum Gasteiger partial charge on any atom is 0.244 e. The van der Waals surface area contributed by atoms with E-state index in [1.807, 2.05) is 37.3 Å². The van der Waals surface area contributed by atoms with E-state index in [0.717, 1.165) is 29.0 Å². The van der Waals surface area contributed by atoms with Crippen molar-refractivity contribution in [2.75, 3.05) is 30.8 Å². The Bertz CT molecular complexity index is 1420. The van der Waals surface area contributed by atoms with Gasteiger partial charge >= 0.3 is 0 Å². The number of benzene rings is 3. The number of para-hydroxylation sites is 2. The lowest BCUT2D eigenvalue weighted by Crippen LogP contribution is -2.53. The summed E-state index contributed by atoms with van der Waals surface area (Å²) in [4.78, 5) is 29.2. The number of hydrogen-bond acceptors (Lipinski definition) is 5. The van der Waals surface area contributed by atoms with Crippen molar-refractivity contribution in [3.05, 3.63) is 94.0 Å². The van der Waals surface area contributed by atoms with Crippen LogP contribution in [0.4, 0.5) is 5.69 Å². The molecular formula is C30H35Cl2N3O5S. The van der Waals surface area contributed by atoms with Gasteiger partial charge in [-0.1, -0.05) is 85.1 Å². The van der Waals surface area contributed by atoms with Crippen LogP contribution in [0.1, 0.15) is 30.9 Å². The molecule has 0 saturated heterocycles. The molecule has 2 amide bonds. The quantitative estimate of drug-likeness (QED) is 0.246. The Labute approximate surface area is 252 Å². The number of unbranched alkanes of at least 4 members (excludes halogenated alkanes) is 1. The molecule has 0 bridgehead atoms. The second-order valence-electron chi connectivity index (χ2n) is 9.51. The lowest BCUT2D eigenvalue weighted by atomic mass is 10.0. The molecule has 0 aromatic heterocycles. The predicted molar refractivity (Wildman–Crippen MR) is 164 cm³/mol. The number of carbonyl (C=O) groups is 2. The van der Waals surface area contributed by atoms with Crippen molar-refractivity contribution in [2.45, 2.75) is 38.8 Å². The molecule has 0 unspecified atom stereocenters. The number of rotatable bonds is 14. The first-order valence-corrected chi connectivity index (χ1v) is 15.8. The van der Waals surface area contributed by atoms with Gasteiger partial charge in [0.15, 0.2) is 0 Å². The highest BCUT2D eigenvalue weighted by atomic mass is 35.5. The van der Waals surface area contributed by atoms with Gasteiger partial charge in [0.2, 0.25) is 21.8 Å². The number of nitrogens with zero attached hydrogens (tertiary/aromatic N) is 2. The monoisotopic (exact) mass is 619 g/mol. The molecule has 0 aliphatic carbocycles. The molecule has 0 spiro atoms. The van der Waals surface area contributed by atoms with Crippen molar-refractivity contribution in [3.8, 4) is 5.75 Å². The van der Waals surface area contributed by atoms with E-state index in [0.29, 0.717) is 22.2 Å². The average molecular weight is 621 g/mol. The smallest absolute Gasteiger partial charge is 0.244 e. The van der Waals surface area contributed by atoms with Crippen molar-refractivity contribution >= 4 is 50.7 Å². The number of anilines is 1. The number of methoxy groups -OCH3 is 1. The Kier molecular flexibility index (Phi) is 11.9. The fraction of sp³-hybridized carbons (Fsp3) is 0.333. The molecule has 3 aromatic rings. The minimum atomic E-state index is -3.94. The second kappa shape index (κ2) is 15.1. The molecule has 8 nitrogen and oxygen atoms in total. The molecule has 0 aliphatic rings. The first-order chi connectivity index (χ1) is 19.6. The highest BCUT2D eigenvalue weighted by molar-refractivity contribution is 7.92. The SMILES string of the molecule is CCCCNC(=O)[C@H](Cc1ccccc1)N(Cc1c(Cl)cccc1Cl)C(=O)CN(c1ccccc1OC)S(C)(=O)=O. The van der Waals surface area contributed by atoms with Crippen molar-refractivity contribution < 1.29 is 22.7 Å². The lowest BCUT2D eigenvalue weighted by molar-refractivity contribution is -0.140. The van der Waals surface area contributed by atoms with Gasteiger partial charge in [-0.15, -0.1) is 0 Å². The van der Waals surface area contributed by atoms with Crippen LogP contribution in [-0.4, -0.2) is 57.6 Å². The lowest BCUT2D eigenvalue weighted by Gasteiger charge is -2.34. The van der Waals surface area contributed by atoms with Gasteiger partial charge in [-0.2, -0.15) is 0 Å². The Morgan fingerprint density at radius 1 is 0.951 bits per heavy atom. The summed E-state index contributed by atoms with van der Waals surface area (Å²) < 4.78 is 32.3. The Morgan fingerprint density at radius 2 is 1.59 bits per heavy atom. The predicted octanol–water partition coefficient (Wildman–Crippen LogP) is 5.32. The molecule has 0 radical (unpaired) electrons. The van der Waals surface area contributed by atoms with Crippen LogP contribution in [0.2, 0.25) is 10.0 Å². The summed E-state index contributed by atoms with van der Waals surface area (Å²) in [5, 5.41) is 3.59. The summed E-state index contributed by atoms with van der Waals surface area (Å²) in [5.74, 6) is -0.685. The van der Waals surface area contributed by atoms with Gasteiger partial charge in [0, 0.05) is 35.1 Å². The summed E-state index contributed by atoms with van der Waals surface area (Å²) >= 11 is 13.0. The van der Waals surface area contributed by atoms with Crippen LogP contribution >= 0.6 is 23.2 Å². The number of sulfonamides is 1. The number of ether oxygens (including phenoxy) is 1. The average Bonchev–Trinajstić information content (AvgIpc) is 2.94. The molecule has 11 heteroatoms. The molecule has 41 heavy (non-hydrogen) atoms. The van der Waals surface area contributed by atoms with Crippen molar-refractivity contribution in [3.63, 3.8) is 0 Å². The summed E-state index contributed by atoms with van der Waals surface area (Å²) in [6.07, 6.45) is 2.86. The molecule has 0 aliphatic heterocycles. The fourth-order valence-corrected chi connectivity index (χ4v) is 5.71. The van der Waals surface area contributed by atoms with Crippen LogP contribution < -0.4 is 14.4 Å². The zero-order valence-corrected chi connectivity index (χ0v) is 25.7. The molecule has 1 atom stereocenters. The van der Waals surface area contributed by atoms with Crippen LogP contribution in [0.25, 0.3) is 0 Å². The zero-order chi connectivity index (χ0) is 30.0. The van der Waals surface area contributed by atoms with Gasteiger partial charge in [0.05, 0.1) is 19.1 Å². The van der Waals surface area contributed by atoms with Crippen LogP contribution in [0.3, 0.4) is 0 Å². The van der Waals surface area contributed by atoms with Crippen molar-refractivity contribution in [1.82, 2.24) is 10.2 Å². The minimum Gasteiger partial charge on any atom is -0.495 e. The third-order valence-corrected chi connectivity index (χ3v) is 8.36. The number of carbonyl (C=O) groups excluding carboxylic acids is 2. The summed E-state index contributed by atoms with van der Waals surface area (Å²) in [5.41, 5.74) is 1.48. The number of hydrogen-bond donors (Lipinski definition) is 1. The maximum atomic E-state index is 14.2.